The highest BCUT2D eigenvalue weighted by Crippen LogP contribution is 2.19. The highest BCUT2D eigenvalue weighted by molar-refractivity contribution is 5.32. The maximum atomic E-state index is 13.6. The molecule has 1 aliphatic carbocycles. The van der Waals surface area contributed by atoms with Gasteiger partial charge < -0.3 is 9.80 Å². The Morgan fingerprint density at radius 1 is 1.20 bits per heavy atom. The molecule has 0 aromatic rings. The van der Waals surface area contributed by atoms with Crippen LogP contribution in [0.1, 0.15) is 0 Å². The van der Waals surface area contributed by atoms with E-state index in [4.69, 9.17) is 0 Å². The molecule has 0 unspecified atom stereocenters. The van der Waals surface area contributed by atoms with Gasteiger partial charge in [0.2, 0.25) is 0 Å². The average molecular weight is 206 g/mol. The molecule has 0 aromatic carbocycles. The Morgan fingerprint density at radius 2 is 1.93 bits per heavy atom. The molecule has 0 saturated carbocycles. The number of halogens is 1. The molecular weight excluding hydrogens is 191 g/mol. The lowest BCUT2D eigenvalue weighted by molar-refractivity contribution is 0.185. The van der Waals surface area contributed by atoms with Gasteiger partial charge in [-0.05, 0) is 19.2 Å². The van der Waals surface area contributed by atoms with Gasteiger partial charge in [0.05, 0.1) is 5.70 Å². The topological polar surface area (TPSA) is 6.48 Å². The lowest BCUT2D eigenvalue weighted by Gasteiger charge is -2.34. The van der Waals surface area contributed by atoms with E-state index in [9.17, 15) is 4.39 Å². The lowest BCUT2D eigenvalue weighted by Crippen LogP contribution is -2.43. The Kier molecular flexibility index (Phi) is 3.05. The summed E-state index contributed by atoms with van der Waals surface area (Å²) in [6.07, 6.45) is 7.07. The van der Waals surface area contributed by atoms with E-state index in [1.54, 1.807) is 12.2 Å². The molecule has 1 saturated heterocycles. The highest BCUT2D eigenvalue weighted by atomic mass is 19.1. The fraction of sp³-hybridized carbons (Fsp3) is 0.417. The quantitative estimate of drug-likeness (QED) is 0.602. The van der Waals surface area contributed by atoms with Crippen molar-refractivity contribution in [2.75, 3.05) is 33.2 Å². The molecule has 2 aliphatic rings. The van der Waals surface area contributed by atoms with Crippen molar-refractivity contribution in [1.29, 1.82) is 0 Å². The predicted octanol–water partition coefficient (Wildman–Crippen LogP) is 1.70. The second kappa shape index (κ2) is 4.47. The zero-order valence-corrected chi connectivity index (χ0v) is 8.91. The van der Waals surface area contributed by atoms with Crippen LogP contribution in [0.3, 0.4) is 0 Å². The van der Waals surface area contributed by atoms with Gasteiger partial charge in [-0.25, -0.2) is 0 Å². The zero-order valence-electron chi connectivity index (χ0n) is 8.91. The van der Waals surface area contributed by atoms with Crippen molar-refractivity contribution in [2.24, 2.45) is 0 Å². The van der Waals surface area contributed by atoms with E-state index in [0.29, 0.717) is 5.70 Å². The molecule has 0 spiro atoms. The predicted molar refractivity (Wildman–Crippen MR) is 59.0 cm³/mol. The van der Waals surface area contributed by atoms with Gasteiger partial charge in [0.25, 0.3) is 0 Å². The number of rotatable bonds is 1. The Bertz CT molecular complexity index is 354. The van der Waals surface area contributed by atoms with Gasteiger partial charge in [0, 0.05) is 26.2 Å². The first-order chi connectivity index (χ1) is 7.27. The zero-order chi connectivity index (χ0) is 10.7. The number of piperazine rings is 1. The first-order valence-electron chi connectivity index (χ1n) is 5.20. The second-order valence-electron chi connectivity index (χ2n) is 3.85. The third kappa shape index (κ3) is 2.38. The minimum atomic E-state index is -0.260. The van der Waals surface area contributed by atoms with Crippen molar-refractivity contribution in [3.8, 4) is 0 Å². The molecule has 2 rings (SSSR count). The lowest BCUT2D eigenvalue weighted by atomic mass is 10.2. The van der Waals surface area contributed by atoms with Gasteiger partial charge in [-0.1, -0.05) is 17.9 Å². The monoisotopic (exact) mass is 206 g/mol. The van der Waals surface area contributed by atoms with Crippen molar-refractivity contribution in [2.45, 2.75) is 0 Å². The summed E-state index contributed by atoms with van der Waals surface area (Å²) in [4.78, 5) is 4.33. The van der Waals surface area contributed by atoms with Crippen LogP contribution in [0.2, 0.25) is 0 Å². The van der Waals surface area contributed by atoms with Gasteiger partial charge in [0.15, 0.2) is 5.83 Å². The van der Waals surface area contributed by atoms with Crippen molar-refractivity contribution in [1.82, 2.24) is 9.80 Å². The van der Waals surface area contributed by atoms with E-state index in [1.165, 1.54) is 0 Å². The normalized spacial score (nSPS) is 22.4. The van der Waals surface area contributed by atoms with Crippen molar-refractivity contribution >= 4 is 0 Å². The van der Waals surface area contributed by atoms with Crippen LogP contribution in [0.15, 0.2) is 41.6 Å². The molecule has 15 heavy (non-hydrogen) atoms. The minimum Gasteiger partial charge on any atom is -0.366 e. The summed E-state index contributed by atoms with van der Waals surface area (Å²) >= 11 is 0. The van der Waals surface area contributed by atoms with E-state index in [-0.39, 0.29) is 5.83 Å². The highest BCUT2D eigenvalue weighted by Gasteiger charge is 2.18. The van der Waals surface area contributed by atoms with Crippen LogP contribution >= 0.6 is 0 Å². The largest absolute Gasteiger partial charge is 0.366 e. The van der Waals surface area contributed by atoms with Crippen LogP contribution < -0.4 is 0 Å². The first kappa shape index (κ1) is 10.2. The van der Waals surface area contributed by atoms with Gasteiger partial charge in [-0.15, -0.1) is 0 Å². The standard InChI is InChI=1S/C12H15FN2/c1-14-7-9-15(10-8-14)12-6-4-2-3-5-11(12)13/h2-4,6H,7-10H2,1H3. The van der Waals surface area contributed by atoms with Crippen LogP contribution in [-0.4, -0.2) is 43.0 Å². The smallest absolute Gasteiger partial charge is 0.188 e. The fourth-order valence-electron chi connectivity index (χ4n) is 1.76. The Hall–Kier alpha value is -1.31. The van der Waals surface area contributed by atoms with Crippen LogP contribution in [0, 0.1) is 0 Å². The van der Waals surface area contributed by atoms with Gasteiger partial charge in [0.1, 0.15) is 0 Å². The molecule has 1 aliphatic heterocycles. The number of allylic oxidation sites excluding steroid dienone is 4. The summed E-state index contributed by atoms with van der Waals surface area (Å²) in [6.45, 7) is 3.73. The molecule has 0 amide bonds. The molecule has 2 nitrogen and oxygen atoms in total. The van der Waals surface area contributed by atoms with E-state index < -0.39 is 0 Å². The molecular formula is C12H15FN2. The van der Waals surface area contributed by atoms with Gasteiger partial charge >= 0.3 is 0 Å². The van der Waals surface area contributed by atoms with Crippen molar-refractivity contribution in [3.05, 3.63) is 41.6 Å². The molecule has 1 fully saturated rings. The summed E-state index contributed by atoms with van der Waals surface area (Å²) in [5, 5.41) is 0. The van der Waals surface area contributed by atoms with E-state index in [2.05, 4.69) is 22.6 Å². The van der Waals surface area contributed by atoms with Gasteiger partial charge in [-0.2, -0.15) is 4.39 Å². The summed E-state index contributed by atoms with van der Waals surface area (Å²) in [7, 11) is 2.09. The molecule has 1 heterocycles. The van der Waals surface area contributed by atoms with E-state index in [0.717, 1.165) is 26.2 Å². The van der Waals surface area contributed by atoms with Crippen LogP contribution in [0.4, 0.5) is 4.39 Å². The molecule has 0 bridgehead atoms. The van der Waals surface area contributed by atoms with Crippen LogP contribution in [-0.2, 0) is 0 Å². The molecule has 0 N–H and O–H groups in total. The minimum absolute atomic E-state index is 0.260. The summed E-state index contributed by atoms with van der Waals surface area (Å²) < 4.78 is 13.6. The SMILES string of the molecule is CN1CCN(C2=CC=CC=C=C2F)CC1. The molecule has 0 atom stereocenters. The third-order valence-corrected chi connectivity index (χ3v) is 2.74. The number of hydrogen-bond acceptors (Lipinski definition) is 2. The number of likely N-dealkylation sites (N-methyl/N-ethyl adjacent to an activating group) is 1. The molecule has 0 radical (unpaired) electrons. The number of nitrogens with zero attached hydrogens (tertiary/aromatic N) is 2. The van der Waals surface area contributed by atoms with Crippen molar-refractivity contribution in [3.63, 3.8) is 0 Å². The maximum absolute atomic E-state index is 13.6. The Balaban J connectivity index is 2.13. The van der Waals surface area contributed by atoms with Gasteiger partial charge in [-0.3, -0.25) is 0 Å². The fourth-order valence-corrected chi connectivity index (χ4v) is 1.76. The Morgan fingerprint density at radius 3 is 2.67 bits per heavy atom. The van der Waals surface area contributed by atoms with Crippen LogP contribution in [0.25, 0.3) is 0 Å². The average Bonchev–Trinajstić information content (AvgIpc) is 2.44. The summed E-state index contributed by atoms with van der Waals surface area (Å²) in [5.74, 6) is -0.260. The summed E-state index contributed by atoms with van der Waals surface area (Å²) in [5.41, 5.74) is 3.28. The second-order valence-corrected chi connectivity index (χ2v) is 3.85. The van der Waals surface area contributed by atoms with Crippen molar-refractivity contribution < 1.29 is 4.39 Å². The van der Waals surface area contributed by atoms with E-state index >= 15 is 0 Å². The summed E-state index contributed by atoms with van der Waals surface area (Å²) in [6, 6.07) is 0. The van der Waals surface area contributed by atoms with Crippen LogP contribution in [0.5, 0.6) is 0 Å². The molecule has 0 aromatic heterocycles. The molecule has 80 valence electrons. The van der Waals surface area contributed by atoms with E-state index in [1.807, 2.05) is 12.2 Å². The number of hydrogen-bond donors (Lipinski definition) is 0. The molecule has 3 heteroatoms. The third-order valence-electron chi connectivity index (χ3n) is 2.74. The first-order valence-corrected chi connectivity index (χ1v) is 5.20. The Labute approximate surface area is 89.7 Å². The maximum Gasteiger partial charge on any atom is 0.188 e.